The van der Waals surface area contributed by atoms with Crippen LogP contribution >= 0.6 is 0 Å². The van der Waals surface area contributed by atoms with Gasteiger partial charge >= 0.3 is 0 Å². The number of ether oxygens (including phenoxy) is 1. The highest BCUT2D eigenvalue weighted by molar-refractivity contribution is 6.00. The fraction of sp³-hybridized carbons (Fsp3) is 0.133. The number of para-hydroxylation sites is 1. The maximum atomic E-state index is 11.7. The van der Waals surface area contributed by atoms with Gasteiger partial charge in [-0.3, -0.25) is 4.79 Å². The fourth-order valence-electron chi connectivity index (χ4n) is 2.19. The molecule has 0 radical (unpaired) electrons. The second-order valence-corrected chi connectivity index (χ2v) is 4.32. The zero-order valence-electron chi connectivity index (χ0n) is 9.85. The minimum absolute atomic E-state index is 0.142. The van der Waals surface area contributed by atoms with Crippen molar-refractivity contribution in [3.8, 4) is 16.9 Å². The van der Waals surface area contributed by atoms with Gasteiger partial charge in [0.2, 0.25) is 0 Å². The van der Waals surface area contributed by atoms with Crippen LogP contribution in [0.3, 0.4) is 0 Å². The number of hydrogen-bond acceptors (Lipinski definition) is 3. The molecule has 3 heteroatoms. The molecule has 0 amide bonds. The zero-order chi connectivity index (χ0) is 12.5. The highest BCUT2D eigenvalue weighted by atomic mass is 16.5. The maximum Gasteiger partial charge on any atom is 0.169 e. The number of ketones is 1. The fourth-order valence-corrected chi connectivity index (χ4v) is 2.19. The lowest BCUT2D eigenvalue weighted by Crippen LogP contribution is -2.15. The van der Waals surface area contributed by atoms with E-state index in [9.17, 15) is 4.79 Å². The number of nitrogens with two attached hydrogens (primary N) is 1. The number of fused-ring (bicyclic) bond motifs is 1. The summed E-state index contributed by atoms with van der Waals surface area (Å²) in [4.78, 5) is 11.7. The third-order valence-electron chi connectivity index (χ3n) is 3.14. The van der Waals surface area contributed by atoms with Crippen molar-refractivity contribution >= 4 is 11.5 Å². The van der Waals surface area contributed by atoms with Crippen LogP contribution in [0.25, 0.3) is 11.1 Å². The van der Waals surface area contributed by atoms with E-state index >= 15 is 0 Å². The summed E-state index contributed by atoms with van der Waals surface area (Å²) < 4.78 is 5.53. The van der Waals surface area contributed by atoms with Gasteiger partial charge in [0.25, 0.3) is 0 Å². The third kappa shape index (κ3) is 1.74. The van der Waals surface area contributed by atoms with E-state index < -0.39 is 0 Å². The normalized spacial score (nSPS) is 13.9. The van der Waals surface area contributed by atoms with Crippen molar-refractivity contribution in [1.82, 2.24) is 0 Å². The van der Waals surface area contributed by atoms with Gasteiger partial charge in [0.15, 0.2) is 5.78 Å². The van der Waals surface area contributed by atoms with Crippen molar-refractivity contribution in [2.75, 3.05) is 12.3 Å². The first-order valence-corrected chi connectivity index (χ1v) is 5.90. The monoisotopic (exact) mass is 239 g/mol. The second-order valence-electron chi connectivity index (χ2n) is 4.32. The van der Waals surface area contributed by atoms with Crippen LogP contribution in [0.1, 0.15) is 16.8 Å². The summed E-state index contributed by atoms with van der Waals surface area (Å²) in [6.07, 6.45) is 0.458. The first kappa shape index (κ1) is 10.8. The molecule has 90 valence electrons. The van der Waals surface area contributed by atoms with E-state index in [1.807, 2.05) is 42.5 Å². The minimum Gasteiger partial charge on any atom is -0.492 e. The van der Waals surface area contributed by atoms with E-state index in [4.69, 9.17) is 10.5 Å². The number of carbonyl (C=O) groups excluding carboxylic acids is 1. The van der Waals surface area contributed by atoms with Crippen LogP contribution in [0.5, 0.6) is 5.75 Å². The number of carbonyl (C=O) groups is 1. The molecule has 0 saturated carbocycles. The molecule has 1 aliphatic heterocycles. The van der Waals surface area contributed by atoms with Crippen LogP contribution in [0.2, 0.25) is 0 Å². The van der Waals surface area contributed by atoms with Crippen molar-refractivity contribution < 1.29 is 9.53 Å². The van der Waals surface area contributed by atoms with Crippen LogP contribution < -0.4 is 10.5 Å². The largest absolute Gasteiger partial charge is 0.492 e. The Morgan fingerprint density at radius 2 is 1.89 bits per heavy atom. The van der Waals surface area contributed by atoms with Crippen molar-refractivity contribution in [2.24, 2.45) is 0 Å². The lowest BCUT2D eigenvalue weighted by atomic mass is 9.98. The summed E-state index contributed by atoms with van der Waals surface area (Å²) in [5.41, 5.74) is 9.27. The Bertz CT molecular complexity index is 620. The number of Topliss-reactive ketones (excluding diaryl/α,β-unsaturated/α-hetero) is 1. The topological polar surface area (TPSA) is 52.3 Å². The maximum absolute atomic E-state index is 11.7. The molecule has 0 aromatic heterocycles. The zero-order valence-corrected chi connectivity index (χ0v) is 9.85. The number of hydrogen-bond donors (Lipinski definition) is 1. The lowest BCUT2D eigenvalue weighted by molar-refractivity contribution is 0.0933. The van der Waals surface area contributed by atoms with Gasteiger partial charge in [-0.1, -0.05) is 24.3 Å². The molecular weight excluding hydrogens is 226 g/mol. The summed E-state index contributed by atoms with van der Waals surface area (Å²) in [6.45, 7) is 0.458. The van der Waals surface area contributed by atoms with E-state index in [2.05, 4.69) is 0 Å². The summed E-state index contributed by atoms with van der Waals surface area (Å²) in [5, 5.41) is 0. The number of benzene rings is 2. The predicted octanol–water partition coefficient (Wildman–Crippen LogP) is 2.90. The van der Waals surface area contributed by atoms with Crippen LogP contribution in [0, 0.1) is 0 Å². The van der Waals surface area contributed by atoms with E-state index in [0.717, 1.165) is 16.8 Å². The number of nitrogen functional groups attached to an aromatic ring is 1. The van der Waals surface area contributed by atoms with Crippen molar-refractivity contribution in [2.45, 2.75) is 6.42 Å². The highest BCUT2D eigenvalue weighted by Gasteiger charge is 2.18. The molecule has 0 fully saturated rings. The predicted molar refractivity (Wildman–Crippen MR) is 70.7 cm³/mol. The van der Waals surface area contributed by atoms with Gasteiger partial charge in [-0.2, -0.15) is 0 Å². The Kier molecular flexibility index (Phi) is 2.52. The van der Waals surface area contributed by atoms with Crippen LogP contribution in [0.15, 0.2) is 42.5 Å². The minimum atomic E-state index is 0.142. The first-order valence-electron chi connectivity index (χ1n) is 5.90. The molecule has 0 saturated heterocycles. The molecule has 1 aliphatic rings. The summed E-state index contributed by atoms with van der Waals surface area (Å²) in [5.74, 6) is 0.802. The van der Waals surface area contributed by atoms with Crippen molar-refractivity contribution in [3.05, 3.63) is 48.0 Å². The highest BCUT2D eigenvalue weighted by Crippen LogP contribution is 2.32. The van der Waals surface area contributed by atoms with E-state index in [0.29, 0.717) is 24.3 Å². The summed E-state index contributed by atoms with van der Waals surface area (Å²) in [7, 11) is 0. The number of rotatable bonds is 1. The summed E-state index contributed by atoms with van der Waals surface area (Å²) in [6, 6.07) is 13.3. The van der Waals surface area contributed by atoms with Gasteiger partial charge in [0, 0.05) is 17.7 Å². The van der Waals surface area contributed by atoms with Crippen LogP contribution in [-0.4, -0.2) is 12.4 Å². The Morgan fingerprint density at radius 3 is 2.72 bits per heavy atom. The molecular formula is C15H13NO2. The van der Waals surface area contributed by atoms with Gasteiger partial charge in [0.1, 0.15) is 5.75 Å². The van der Waals surface area contributed by atoms with Crippen LogP contribution in [-0.2, 0) is 0 Å². The van der Waals surface area contributed by atoms with Crippen LogP contribution in [0.4, 0.5) is 5.69 Å². The molecule has 2 N–H and O–H groups in total. The molecule has 2 aromatic rings. The lowest BCUT2D eigenvalue weighted by Gasteiger charge is -2.17. The second kappa shape index (κ2) is 4.18. The van der Waals surface area contributed by atoms with Crippen molar-refractivity contribution in [3.63, 3.8) is 0 Å². The molecule has 0 aliphatic carbocycles. The van der Waals surface area contributed by atoms with E-state index in [-0.39, 0.29) is 5.78 Å². The van der Waals surface area contributed by atoms with E-state index in [1.165, 1.54) is 0 Å². The third-order valence-corrected chi connectivity index (χ3v) is 3.14. The molecule has 3 rings (SSSR count). The molecule has 1 heterocycles. The molecule has 3 nitrogen and oxygen atoms in total. The van der Waals surface area contributed by atoms with Gasteiger partial charge in [-0.15, -0.1) is 0 Å². The standard InChI is InChI=1S/C15H13NO2/c16-13-4-2-1-3-11(13)10-5-6-12-14(17)7-8-18-15(12)9-10/h1-6,9H,7-8,16H2. The summed E-state index contributed by atoms with van der Waals surface area (Å²) >= 11 is 0. The van der Waals surface area contributed by atoms with E-state index in [1.54, 1.807) is 0 Å². The average molecular weight is 239 g/mol. The van der Waals surface area contributed by atoms with Gasteiger partial charge in [-0.05, 0) is 23.8 Å². The quantitative estimate of drug-likeness (QED) is 0.778. The molecule has 0 bridgehead atoms. The molecule has 18 heavy (non-hydrogen) atoms. The van der Waals surface area contributed by atoms with Gasteiger partial charge in [0.05, 0.1) is 12.2 Å². The van der Waals surface area contributed by atoms with Gasteiger partial charge < -0.3 is 10.5 Å². The average Bonchev–Trinajstić information content (AvgIpc) is 2.39. The number of anilines is 1. The Morgan fingerprint density at radius 1 is 1.06 bits per heavy atom. The Balaban J connectivity index is 2.10. The first-order chi connectivity index (χ1) is 8.75. The van der Waals surface area contributed by atoms with Crippen molar-refractivity contribution in [1.29, 1.82) is 0 Å². The van der Waals surface area contributed by atoms with Gasteiger partial charge in [-0.25, -0.2) is 0 Å². The molecule has 2 aromatic carbocycles. The molecule has 0 spiro atoms. The molecule has 0 unspecified atom stereocenters. The SMILES string of the molecule is Nc1ccccc1-c1ccc2c(c1)OCCC2=O. The smallest absolute Gasteiger partial charge is 0.169 e. The Labute approximate surface area is 105 Å². The Hall–Kier alpha value is -2.29. The molecule has 0 atom stereocenters.